The van der Waals surface area contributed by atoms with Gasteiger partial charge in [-0.2, -0.15) is 0 Å². The highest BCUT2D eigenvalue weighted by molar-refractivity contribution is 5.18. The summed E-state index contributed by atoms with van der Waals surface area (Å²) in [6, 6.07) is 20.7. The van der Waals surface area contributed by atoms with Gasteiger partial charge >= 0.3 is 0 Å². The number of rotatable bonds is 5. The fraction of sp³-hybridized carbons (Fsp3) is 0.250. The molecule has 0 saturated carbocycles. The van der Waals surface area contributed by atoms with E-state index in [1.807, 2.05) is 24.3 Å². The van der Waals surface area contributed by atoms with Gasteiger partial charge in [-0.25, -0.2) is 0 Å². The Kier molecular flexibility index (Phi) is 4.34. The van der Waals surface area contributed by atoms with Gasteiger partial charge in [-0.3, -0.25) is 0 Å². The van der Waals surface area contributed by atoms with E-state index in [0.717, 1.165) is 6.42 Å². The first kappa shape index (κ1) is 11.9. The van der Waals surface area contributed by atoms with E-state index >= 15 is 0 Å². The predicted molar refractivity (Wildman–Crippen MR) is 70.7 cm³/mol. The van der Waals surface area contributed by atoms with Crippen molar-refractivity contribution in [3.05, 3.63) is 71.8 Å². The molecule has 0 bridgehead atoms. The van der Waals surface area contributed by atoms with Gasteiger partial charge in [0.1, 0.15) is 0 Å². The van der Waals surface area contributed by atoms with Gasteiger partial charge in [0.2, 0.25) is 0 Å². The van der Waals surface area contributed by atoms with E-state index in [-0.39, 0.29) is 6.10 Å². The minimum atomic E-state index is 0.191. The molecule has 2 aromatic carbocycles. The molecule has 2 rings (SSSR count). The Labute approximate surface area is 103 Å². The van der Waals surface area contributed by atoms with Crippen molar-refractivity contribution in [2.24, 2.45) is 0 Å². The molecule has 1 atom stereocenters. The second-order valence-corrected chi connectivity index (χ2v) is 4.10. The van der Waals surface area contributed by atoms with Gasteiger partial charge in [0, 0.05) is 0 Å². The lowest BCUT2D eigenvalue weighted by Crippen LogP contribution is -2.03. The molecule has 1 unspecified atom stereocenters. The molecule has 0 fully saturated rings. The maximum atomic E-state index is 5.96. The van der Waals surface area contributed by atoms with Crippen LogP contribution in [0.1, 0.15) is 30.6 Å². The first-order chi connectivity index (χ1) is 8.40. The van der Waals surface area contributed by atoms with Crippen molar-refractivity contribution in [3.63, 3.8) is 0 Å². The summed E-state index contributed by atoms with van der Waals surface area (Å²) in [4.78, 5) is 0. The molecule has 88 valence electrons. The molecule has 0 N–H and O–H groups in total. The Morgan fingerprint density at radius 1 is 0.882 bits per heavy atom. The quantitative estimate of drug-likeness (QED) is 0.736. The van der Waals surface area contributed by atoms with Crippen molar-refractivity contribution in [1.29, 1.82) is 0 Å². The summed E-state index contributed by atoms with van der Waals surface area (Å²) in [6.07, 6.45) is 1.19. The molecule has 2 aromatic rings. The third-order valence-electron chi connectivity index (χ3n) is 2.84. The largest absolute Gasteiger partial charge is 0.369 e. The van der Waals surface area contributed by atoms with Crippen LogP contribution < -0.4 is 0 Å². The van der Waals surface area contributed by atoms with Gasteiger partial charge < -0.3 is 4.74 Å². The highest BCUT2D eigenvalue weighted by Gasteiger charge is 2.08. The van der Waals surface area contributed by atoms with Crippen molar-refractivity contribution in [2.75, 3.05) is 0 Å². The van der Waals surface area contributed by atoms with Gasteiger partial charge in [-0.15, -0.1) is 0 Å². The van der Waals surface area contributed by atoms with E-state index in [1.54, 1.807) is 0 Å². The maximum Gasteiger partial charge on any atom is 0.0826 e. The number of benzene rings is 2. The first-order valence-corrected chi connectivity index (χ1v) is 6.10. The normalized spacial score (nSPS) is 12.3. The Hall–Kier alpha value is -1.60. The molecule has 0 radical (unpaired) electrons. The summed E-state index contributed by atoms with van der Waals surface area (Å²) in [5.74, 6) is 0. The summed E-state index contributed by atoms with van der Waals surface area (Å²) >= 11 is 0. The van der Waals surface area contributed by atoms with Crippen LogP contribution in [0, 0.1) is 0 Å². The number of hydrogen-bond acceptors (Lipinski definition) is 1. The molecular formula is C16H18O. The molecule has 0 saturated heterocycles. The van der Waals surface area contributed by atoms with Crippen molar-refractivity contribution >= 4 is 0 Å². The molecule has 0 amide bonds. The zero-order valence-corrected chi connectivity index (χ0v) is 10.2. The molecule has 0 aliphatic carbocycles. The minimum absolute atomic E-state index is 0.191. The highest BCUT2D eigenvalue weighted by atomic mass is 16.5. The monoisotopic (exact) mass is 226 g/mol. The topological polar surface area (TPSA) is 9.23 Å². The van der Waals surface area contributed by atoms with Crippen molar-refractivity contribution in [3.8, 4) is 0 Å². The molecule has 0 heterocycles. The average molecular weight is 226 g/mol. The van der Waals surface area contributed by atoms with Crippen LogP contribution in [0.15, 0.2) is 60.7 Å². The Morgan fingerprint density at radius 2 is 1.47 bits per heavy atom. The molecule has 0 spiro atoms. The Morgan fingerprint density at radius 3 is 2.06 bits per heavy atom. The molecular weight excluding hydrogens is 208 g/mol. The van der Waals surface area contributed by atoms with E-state index in [1.165, 1.54) is 11.1 Å². The first-order valence-electron chi connectivity index (χ1n) is 6.10. The lowest BCUT2D eigenvalue weighted by Gasteiger charge is -2.16. The predicted octanol–water partition coefficient (Wildman–Crippen LogP) is 4.35. The lowest BCUT2D eigenvalue weighted by atomic mass is 10.1. The van der Waals surface area contributed by atoms with Crippen LogP contribution in [0.5, 0.6) is 0 Å². The second-order valence-electron chi connectivity index (χ2n) is 4.10. The van der Waals surface area contributed by atoms with Gasteiger partial charge in [0.05, 0.1) is 12.7 Å². The van der Waals surface area contributed by atoms with Crippen LogP contribution >= 0.6 is 0 Å². The highest BCUT2D eigenvalue weighted by Crippen LogP contribution is 2.21. The summed E-state index contributed by atoms with van der Waals surface area (Å²) in [5, 5.41) is 0. The van der Waals surface area contributed by atoms with E-state index in [4.69, 9.17) is 4.74 Å². The third kappa shape index (κ3) is 3.43. The second kappa shape index (κ2) is 6.21. The summed E-state index contributed by atoms with van der Waals surface area (Å²) in [7, 11) is 0. The van der Waals surface area contributed by atoms with Crippen LogP contribution in [0.2, 0.25) is 0 Å². The molecule has 0 aliphatic rings. The van der Waals surface area contributed by atoms with Crippen molar-refractivity contribution < 1.29 is 4.74 Å². The van der Waals surface area contributed by atoms with Crippen LogP contribution in [0.4, 0.5) is 0 Å². The van der Waals surface area contributed by atoms with Crippen molar-refractivity contribution in [1.82, 2.24) is 0 Å². The Balaban J connectivity index is 1.97. The zero-order chi connectivity index (χ0) is 11.9. The summed E-state index contributed by atoms with van der Waals surface area (Å²) in [5.41, 5.74) is 2.48. The van der Waals surface area contributed by atoms with Crippen LogP contribution in [-0.2, 0) is 11.3 Å². The molecule has 0 aliphatic heterocycles. The molecule has 17 heavy (non-hydrogen) atoms. The fourth-order valence-corrected chi connectivity index (χ4v) is 1.89. The van der Waals surface area contributed by atoms with E-state index in [0.29, 0.717) is 6.61 Å². The third-order valence-corrected chi connectivity index (χ3v) is 2.84. The SMILES string of the molecule is CCC(OCc1ccccc1)c1ccccc1. The van der Waals surface area contributed by atoms with Gasteiger partial charge in [0.25, 0.3) is 0 Å². The lowest BCUT2D eigenvalue weighted by molar-refractivity contribution is 0.0371. The molecule has 1 heteroatoms. The molecule has 1 nitrogen and oxygen atoms in total. The minimum Gasteiger partial charge on any atom is -0.369 e. The summed E-state index contributed by atoms with van der Waals surface area (Å²) < 4.78 is 5.96. The standard InChI is InChI=1S/C16H18O/c1-2-16(15-11-7-4-8-12-15)17-13-14-9-5-3-6-10-14/h3-12,16H,2,13H2,1H3. The number of ether oxygens (including phenoxy) is 1. The van der Waals surface area contributed by atoms with Crippen molar-refractivity contribution in [2.45, 2.75) is 26.1 Å². The number of hydrogen-bond donors (Lipinski definition) is 0. The van der Waals surface area contributed by atoms with Crippen LogP contribution in [0.25, 0.3) is 0 Å². The average Bonchev–Trinajstić information content (AvgIpc) is 2.42. The van der Waals surface area contributed by atoms with E-state index < -0.39 is 0 Å². The van der Waals surface area contributed by atoms with Crippen LogP contribution in [-0.4, -0.2) is 0 Å². The van der Waals surface area contributed by atoms with E-state index in [2.05, 4.69) is 43.3 Å². The van der Waals surface area contributed by atoms with Gasteiger partial charge in [-0.05, 0) is 17.5 Å². The molecule has 0 aromatic heterocycles. The maximum absolute atomic E-state index is 5.96. The van der Waals surface area contributed by atoms with E-state index in [9.17, 15) is 0 Å². The summed E-state index contributed by atoms with van der Waals surface area (Å²) in [6.45, 7) is 2.83. The van der Waals surface area contributed by atoms with Gasteiger partial charge in [0.15, 0.2) is 0 Å². The smallest absolute Gasteiger partial charge is 0.0826 e. The zero-order valence-electron chi connectivity index (χ0n) is 10.2. The van der Waals surface area contributed by atoms with Gasteiger partial charge in [-0.1, -0.05) is 67.6 Å². The van der Waals surface area contributed by atoms with Crippen LogP contribution in [0.3, 0.4) is 0 Å². The fourth-order valence-electron chi connectivity index (χ4n) is 1.89. The Bertz CT molecular complexity index is 422.